The van der Waals surface area contributed by atoms with Crippen molar-refractivity contribution >= 4 is 21.4 Å². The van der Waals surface area contributed by atoms with Gasteiger partial charge in [-0.15, -0.1) is 0 Å². The number of hydrogen-bond acceptors (Lipinski definition) is 3. The molecular weight excluding hydrogens is 234 g/mol. The van der Waals surface area contributed by atoms with Crippen molar-refractivity contribution in [3.05, 3.63) is 34.9 Å². The molecule has 5 heteroatoms. The lowest BCUT2D eigenvalue weighted by molar-refractivity contribution is 0.599. The summed E-state index contributed by atoms with van der Waals surface area (Å²) in [7, 11) is -3.06. The third kappa shape index (κ3) is 2.02. The van der Waals surface area contributed by atoms with Gasteiger partial charge in [0.2, 0.25) is 0 Å². The van der Waals surface area contributed by atoms with E-state index in [1.807, 2.05) is 12.1 Å². The maximum Gasteiger partial charge on any atom is 0.152 e. The second-order valence-electron chi connectivity index (χ2n) is 3.95. The van der Waals surface area contributed by atoms with Gasteiger partial charge in [0.05, 0.1) is 5.25 Å². The van der Waals surface area contributed by atoms with Crippen LogP contribution < -0.4 is 5.73 Å². The van der Waals surface area contributed by atoms with Crippen LogP contribution in [0.5, 0.6) is 0 Å². The zero-order valence-electron chi connectivity index (χ0n) is 8.22. The molecule has 0 heterocycles. The average molecular weight is 246 g/mol. The van der Waals surface area contributed by atoms with E-state index in [1.165, 1.54) is 6.26 Å². The highest BCUT2D eigenvalue weighted by atomic mass is 35.5. The molecule has 1 aliphatic carbocycles. The summed E-state index contributed by atoms with van der Waals surface area (Å²) in [5.74, 6) is -0.0984. The first kappa shape index (κ1) is 10.9. The Kier molecular flexibility index (Phi) is 2.53. The van der Waals surface area contributed by atoms with Gasteiger partial charge in [0, 0.05) is 23.2 Å². The molecule has 0 amide bonds. The molecule has 0 spiro atoms. The Labute approximate surface area is 94.2 Å². The molecule has 2 N–H and O–H groups in total. The molecule has 3 nitrogen and oxygen atoms in total. The number of nitrogens with two attached hydrogens (primary N) is 1. The number of benzene rings is 1. The molecule has 0 aromatic heterocycles. The third-order valence-electron chi connectivity index (χ3n) is 2.74. The molecule has 0 saturated heterocycles. The zero-order chi connectivity index (χ0) is 11.2. The van der Waals surface area contributed by atoms with Crippen LogP contribution in [-0.2, 0) is 9.84 Å². The Bertz CT molecular complexity index is 486. The van der Waals surface area contributed by atoms with Crippen molar-refractivity contribution in [1.29, 1.82) is 0 Å². The van der Waals surface area contributed by atoms with Crippen LogP contribution in [-0.4, -0.2) is 26.0 Å². The molecule has 1 saturated carbocycles. The molecule has 82 valence electrons. The SMILES string of the molecule is CS(=O)(=O)[C@H]1[C@@H](N)[C@@H]1c1cccc(Cl)c1. The van der Waals surface area contributed by atoms with Crippen LogP contribution in [0.3, 0.4) is 0 Å². The van der Waals surface area contributed by atoms with E-state index >= 15 is 0 Å². The molecular formula is C10H12ClNO2S. The van der Waals surface area contributed by atoms with Gasteiger partial charge in [0.1, 0.15) is 0 Å². The molecule has 0 radical (unpaired) electrons. The molecule has 0 unspecified atom stereocenters. The Morgan fingerprint density at radius 1 is 1.40 bits per heavy atom. The second kappa shape index (κ2) is 3.47. The smallest absolute Gasteiger partial charge is 0.152 e. The van der Waals surface area contributed by atoms with E-state index in [1.54, 1.807) is 12.1 Å². The minimum Gasteiger partial charge on any atom is -0.326 e. The fourth-order valence-electron chi connectivity index (χ4n) is 1.98. The number of sulfone groups is 1. The molecule has 1 aromatic carbocycles. The summed E-state index contributed by atoms with van der Waals surface area (Å²) in [5, 5.41) is 0.162. The predicted octanol–water partition coefficient (Wildman–Crippen LogP) is 1.18. The highest BCUT2D eigenvalue weighted by Crippen LogP contribution is 2.44. The minimum absolute atomic E-state index is 0.0984. The van der Waals surface area contributed by atoms with Crippen molar-refractivity contribution in [3.63, 3.8) is 0 Å². The van der Waals surface area contributed by atoms with Crippen molar-refractivity contribution in [1.82, 2.24) is 0 Å². The monoisotopic (exact) mass is 245 g/mol. The fraction of sp³-hybridized carbons (Fsp3) is 0.400. The lowest BCUT2D eigenvalue weighted by atomic mass is 10.1. The number of rotatable bonds is 2. The van der Waals surface area contributed by atoms with E-state index in [0.717, 1.165) is 5.56 Å². The quantitative estimate of drug-likeness (QED) is 0.851. The van der Waals surface area contributed by atoms with Gasteiger partial charge in [-0.2, -0.15) is 0 Å². The Morgan fingerprint density at radius 2 is 2.07 bits per heavy atom. The molecule has 1 aromatic rings. The van der Waals surface area contributed by atoms with Crippen molar-refractivity contribution in [3.8, 4) is 0 Å². The van der Waals surface area contributed by atoms with Gasteiger partial charge >= 0.3 is 0 Å². The summed E-state index contributed by atoms with van der Waals surface area (Å²) in [6.07, 6.45) is 1.22. The van der Waals surface area contributed by atoms with E-state index in [2.05, 4.69) is 0 Å². The summed E-state index contributed by atoms with van der Waals surface area (Å²) >= 11 is 5.84. The van der Waals surface area contributed by atoms with E-state index in [9.17, 15) is 8.42 Å². The molecule has 1 aliphatic rings. The highest BCUT2D eigenvalue weighted by Gasteiger charge is 2.54. The van der Waals surface area contributed by atoms with Gasteiger partial charge in [-0.05, 0) is 17.7 Å². The lowest BCUT2D eigenvalue weighted by Crippen LogP contribution is -2.13. The van der Waals surface area contributed by atoms with E-state index in [-0.39, 0.29) is 12.0 Å². The van der Waals surface area contributed by atoms with Crippen LogP contribution in [0.15, 0.2) is 24.3 Å². The average Bonchev–Trinajstić information content (AvgIpc) is 2.76. The Hall–Kier alpha value is -0.580. The second-order valence-corrected chi connectivity index (χ2v) is 6.59. The van der Waals surface area contributed by atoms with Crippen LogP contribution in [0, 0.1) is 0 Å². The Morgan fingerprint density at radius 3 is 2.53 bits per heavy atom. The summed E-state index contributed by atoms with van der Waals surface area (Å²) in [4.78, 5) is 0. The lowest BCUT2D eigenvalue weighted by Gasteiger charge is -1.99. The maximum absolute atomic E-state index is 11.4. The van der Waals surface area contributed by atoms with Gasteiger partial charge in [0.15, 0.2) is 9.84 Å². The zero-order valence-corrected chi connectivity index (χ0v) is 9.79. The number of halogens is 1. The van der Waals surface area contributed by atoms with Crippen LogP contribution >= 0.6 is 11.6 Å². The van der Waals surface area contributed by atoms with Crippen molar-refractivity contribution in [2.24, 2.45) is 5.73 Å². The van der Waals surface area contributed by atoms with Gasteiger partial charge in [-0.1, -0.05) is 23.7 Å². The Balaban J connectivity index is 2.29. The molecule has 2 rings (SSSR count). The summed E-state index contributed by atoms with van der Waals surface area (Å²) in [6, 6.07) is 6.91. The number of hydrogen-bond donors (Lipinski definition) is 1. The van der Waals surface area contributed by atoms with E-state index in [0.29, 0.717) is 5.02 Å². The standard InChI is InChI=1S/C10H12ClNO2S/c1-15(13,14)10-8(9(10)12)6-3-2-4-7(11)5-6/h2-5,8-10H,12H2,1H3/t8-,9-,10+/m0/s1. The third-order valence-corrected chi connectivity index (χ3v) is 4.57. The van der Waals surface area contributed by atoms with Crippen LogP contribution in [0.25, 0.3) is 0 Å². The first-order chi connectivity index (χ1) is 6.91. The molecule has 0 aliphatic heterocycles. The van der Waals surface area contributed by atoms with Crippen LogP contribution in [0.4, 0.5) is 0 Å². The van der Waals surface area contributed by atoms with Gasteiger partial charge in [-0.25, -0.2) is 8.42 Å². The molecule has 1 fully saturated rings. The predicted molar refractivity (Wildman–Crippen MR) is 60.8 cm³/mol. The first-order valence-corrected chi connectivity index (χ1v) is 6.94. The van der Waals surface area contributed by atoms with Crippen LogP contribution in [0.2, 0.25) is 5.02 Å². The topological polar surface area (TPSA) is 60.2 Å². The van der Waals surface area contributed by atoms with Gasteiger partial charge < -0.3 is 5.73 Å². The van der Waals surface area contributed by atoms with E-state index < -0.39 is 15.1 Å². The molecule has 3 atom stereocenters. The fourth-order valence-corrected chi connectivity index (χ4v) is 3.70. The minimum atomic E-state index is -3.06. The van der Waals surface area contributed by atoms with Crippen molar-refractivity contribution in [2.45, 2.75) is 17.2 Å². The van der Waals surface area contributed by atoms with Crippen molar-refractivity contribution < 1.29 is 8.42 Å². The van der Waals surface area contributed by atoms with Crippen LogP contribution in [0.1, 0.15) is 11.5 Å². The van der Waals surface area contributed by atoms with Gasteiger partial charge in [0.25, 0.3) is 0 Å². The maximum atomic E-state index is 11.4. The van der Waals surface area contributed by atoms with Gasteiger partial charge in [-0.3, -0.25) is 0 Å². The molecule has 0 bridgehead atoms. The van der Waals surface area contributed by atoms with Crippen molar-refractivity contribution in [2.75, 3.05) is 6.26 Å². The molecule has 15 heavy (non-hydrogen) atoms. The summed E-state index contributed by atoms with van der Waals surface area (Å²) < 4.78 is 22.7. The highest BCUT2D eigenvalue weighted by molar-refractivity contribution is 7.91. The summed E-state index contributed by atoms with van der Waals surface area (Å²) in [5.41, 5.74) is 6.66. The first-order valence-electron chi connectivity index (χ1n) is 4.61. The normalized spacial score (nSPS) is 30.2. The largest absolute Gasteiger partial charge is 0.326 e. The summed E-state index contributed by atoms with van der Waals surface area (Å²) in [6.45, 7) is 0. The van der Waals surface area contributed by atoms with E-state index in [4.69, 9.17) is 17.3 Å².